The van der Waals surface area contributed by atoms with Crippen molar-refractivity contribution in [1.82, 2.24) is 10.3 Å². The molecule has 32 heavy (non-hydrogen) atoms. The van der Waals surface area contributed by atoms with E-state index in [-0.39, 0.29) is 31.3 Å². The van der Waals surface area contributed by atoms with Crippen LogP contribution in [-0.4, -0.2) is 42.7 Å². The highest BCUT2D eigenvalue weighted by atomic mass is 19.1. The van der Waals surface area contributed by atoms with Crippen LogP contribution >= 0.6 is 0 Å². The lowest BCUT2D eigenvalue weighted by Gasteiger charge is -2.26. The van der Waals surface area contributed by atoms with Crippen molar-refractivity contribution in [2.45, 2.75) is 18.9 Å². The standard InChI is InChI=1S/C23H21FN2O6/c24-16-7-5-15(6-8-16)20-12-26-22(32-20)9-10-23(28)30-14-21(27)25-11-17-13-29-18-3-1-2-4-19(18)31-17/h1-8,12,17H,9-11,13-14H2,(H,25,27). The van der Waals surface area contributed by atoms with E-state index in [0.29, 0.717) is 35.3 Å². The number of carbonyl (C=O) groups excluding carboxylic acids is 2. The summed E-state index contributed by atoms with van der Waals surface area (Å²) in [5, 5.41) is 2.66. The van der Waals surface area contributed by atoms with Crippen LogP contribution in [0.2, 0.25) is 0 Å². The molecular weight excluding hydrogens is 419 g/mol. The summed E-state index contributed by atoms with van der Waals surface area (Å²) in [5.41, 5.74) is 0.681. The number of para-hydroxylation sites is 2. The van der Waals surface area contributed by atoms with Crippen molar-refractivity contribution >= 4 is 11.9 Å². The highest BCUT2D eigenvalue weighted by Crippen LogP contribution is 2.30. The smallest absolute Gasteiger partial charge is 0.306 e. The van der Waals surface area contributed by atoms with Crippen molar-refractivity contribution in [1.29, 1.82) is 0 Å². The van der Waals surface area contributed by atoms with Crippen molar-refractivity contribution in [2.75, 3.05) is 19.8 Å². The topological polar surface area (TPSA) is 99.9 Å². The number of ether oxygens (including phenoxy) is 3. The second kappa shape index (κ2) is 9.95. The van der Waals surface area contributed by atoms with E-state index in [4.69, 9.17) is 18.6 Å². The van der Waals surface area contributed by atoms with E-state index in [1.807, 2.05) is 18.2 Å². The molecule has 4 rings (SSSR count). The molecule has 3 aromatic rings. The van der Waals surface area contributed by atoms with Crippen LogP contribution in [0.25, 0.3) is 11.3 Å². The minimum absolute atomic E-state index is 0.00696. The average molecular weight is 440 g/mol. The number of amides is 1. The van der Waals surface area contributed by atoms with Gasteiger partial charge in [-0.15, -0.1) is 0 Å². The molecule has 0 aliphatic carbocycles. The number of hydrogen-bond donors (Lipinski definition) is 1. The number of nitrogens with zero attached hydrogens (tertiary/aromatic N) is 1. The molecule has 166 valence electrons. The number of benzene rings is 2. The third-order valence-electron chi connectivity index (χ3n) is 4.68. The summed E-state index contributed by atoms with van der Waals surface area (Å²) in [5.74, 6) is 0.789. The minimum atomic E-state index is -0.548. The summed E-state index contributed by atoms with van der Waals surface area (Å²) >= 11 is 0. The second-order valence-electron chi connectivity index (χ2n) is 7.09. The van der Waals surface area contributed by atoms with E-state index in [2.05, 4.69) is 10.3 Å². The Labute approximate surface area is 183 Å². The number of aromatic nitrogens is 1. The van der Waals surface area contributed by atoms with Crippen LogP contribution in [0.15, 0.2) is 59.1 Å². The SMILES string of the molecule is O=C(COC(=O)CCc1ncc(-c2ccc(F)cc2)o1)NCC1COc2ccccc2O1. The Bertz CT molecular complexity index is 1080. The predicted octanol–water partition coefficient (Wildman–Crippen LogP) is 2.91. The van der Waals surface area contributed by atoms with E-state index in [0.717, 1.165) is 0 Å². The van der Waals surface area contributed by atoms with Crippen LogP contribution in [-0.2, 0) is 20.7 Å². The number of nitrogens with one attached hydrogen (secondary N) is 1. The van der Waals surface area contributed by atoms with Gasteiger partial charge in [-0.25, -0.2) is 9.37 Å². The van der Waals surface area contributed by atoms with Crippen molar-refractivity contribution in [3.05, 3.63) is 66.4 Å². The first-order chi connectivity index (χ1) is 15.6. The van der Waals surface area contributed by atoms with E-state index in [1.54, 1.807) is 18.2 Å². The Kier molecular flexibility index (Phi) is 6.64. The fraction of sp³-hybridized carbons (Fsp3) is 0.261. The zero-order chi connectivity index (χ0) is 22.3. The van der Waals surface area contributed by atoms with Gasteiger partial charge in [0.05, 0.1) is 19.2 Å². The van der Waals surface area contributed by atoms with Gasteiger partial charge in [-0.3, -0.25) is 9.59 Å². The van der Waals surface area contributed by atoms with Crippen LogP contribution in [0.3, 0.4) is 0 Å². The molecule has 0 saturated heterocycles. The first-order valence-corrected chi connectivity index (χ1v) is 10.1. The van der Waals surface area contributed by atoms with Crippen LogP contribution in [0.5, 0.6) is 11.5 Å². The molecular formula is C23H21FN2O6. The zero-order valence-electron chi connectivity index (χ0n) is 17.1. The Morgan fingerprint density at radius 2 is 1.91 bits per heavy atom. The van der Waals surface area contributed by atoms with E-state index in [9.17, 15) is 14.0 Å². The first-order valence-electron chi connectivity index (χ1n) is 10.1. The Morgan fingerprint density at radius 3 is 2.72 bits per heavy atom. The molecule has 0 radical (unpaired) electrons. The minimum Gasteiger partial charge on any atom is -0.486 e. The number of halogens is 1. The quantitative estimate of drug-likeness (QED) is 0.538. The molecule has 1 unspecified atom stereocenters. The molecule has 0 fully saturated rings. The van der Waals surface area contributed by atoms with Gasteiger partial charge in [0.1, 0.15) is 18.5 Å². The Hall–Kier alpha value is -3.88. The van der Waals surface area contributed by atoms with Gasteiger partial charge in [0.2, 0.25) is 0 Å². The molecule has 8 nitrogen and oxygen atoms in total. The Balaban J connectivity index is 1.15. The van der Waals surface area contributed by atoms with E-state index >= 15 is 0 Å². The Morgan fingerprint density at radius 1 is 1.12 bits per heavy atom. The van der Waals surface area contributed by atoms with Crippen LogP contribution in [0.4, 0.5) is 4.39 Å². The number of fused-ring (bicyclic) bond motifs is 1. The van der Waals surface area contributed by atoms with Gasteiger partial charge in [-0.1, -0.05) is 12.1 Å². The number of rotatable bonds is 8. The maximum absolute atomic E-state index is 13.0. The number of aryl methyl sites for hydroxylation is 1. The highest BCUT2D eigenvalue weighted by molar-refractivity contribution is 5.80. The fourth-order valence-corrected chi connectivity index (χ4v) is 3.04. The van der Waals surface area contributed by atoms with E-state index < -0.39 is 18.5 Å². The first kappa shape index (κ1) is 21.4. The summed E-state index contributed by atoms with van der Waals surface area (Å²) in [6.07, 6.45) is 1.41. The second-order valence-corrected chi connectivity index (χ2v) is 7.09. The molecule has 1 amide bonds. The maximum atomic E-state index is 13.0. The van der Waals surface area contributed by atoms with Crippen LogP contribution in [0, 0.1) is 5.82 Å². The van der Waals surface area contributed by atoms with Gasteiger partial charge in [-0.05, 0) is 36.4 Å². The number of oxazole rings is 1. The molecule has 2 heterocycles. The molecule has 1 aliphatic heterocycles. The largest absolute Gasteiger partial charge is 0.486 e. The monoisotopic (exact) mass is 440 g/mol. The fourth-order valence-electron chi connectivity index (χ4n) is 3.04. The molecule has 1 atom stereocenters. The molecule has 9 heteroatoms. The molecule has 1 aliphatic rings. The van der Waals surface area contributed by atoms with Gasteiger partial charge in [0.15, 0.2) is 29.8 Å². The molecule has 0 spiro atoms. The number of esters is 1. The zero-order valence-corrected chi connectivity index (χ0v) is 17.1. The lowest BCUT2D eigenvalue weighted by molar-refractivity contribution is -0.148. The molecule has 0 bridgehead atoms. The molecule has 1 N–H and O–H groups in total. The molecule has 0 saturated carbocycles. The van der Waals surface area contributed by atoms with Crippen LogP contribution < -0.4 is 14.8 Å². The third-order valence-corrected chi connectivity index (χ3v) is 4.68. The van der Waals surface area contributed by atoms with Gasteiger partial charge < -0.3 is 23.9 Å². The molecule has 1 aromatic heterocycles. The average Bonchev–Trinajstić information content (AvgIpc) is 3.29. The van der Waals surface area contributed by atoms with Gasteiger partial charge in [0.25, 0.3) is 5.91 Å². The van der Waals surface area contributed by atoms with E-state index in [1.165, 1.54) is 18.3 Å². The van der Waals surface area contributed by atoms with Crippen LogP contribution in [0.1, 0.15) is 12.3 Å². The molecule has 2 aromatic carbocycles. The predicted molar refractivity (Wildman–Crippen MR) is 111 cm³/mol. The highest BCUT2D eigenvalue weighted by Gasteiger charge is 2.21. The van der Waals surface area contributed by atoms with Gasteiger partial charge >= 0.3 is 5.97 Å². The normalized spacial score (nSPS) is 14.6. The summed E-state index contributed by atoms with van der Waals surface area (Å²) in [7, 11) is 0. The summed E-state index contributed by atoms with van der Waals surface area (Å²) in [4.78, 5) is 28.0. The summed E-state index contributed by atoms with van der Waals surface area (Å²) in [6, 6.07) is 13.1. The third kappa shape index (κ3) is 5.63. The van der Waals surface area contributed by atoms with Gasteiger partial charge in [-0.2, -0.15) is 0 Å². The van der Waals surface area contributed by atoms with Crippen molar-refractivity contribution in [3.8, 4) is 22.8 Å². The van der Waals surface area contributed by atoms with Gasteiger partial charge in [0, 0.05) is 12.0 Å². The van der Waals surface area contributed by atoms with Crippen molar-refractivity contribution < 1.29 is 32.6 Å². The lowest BCUT2D eigenvalue weighted by atomic mass is 10.2. The lowest BCUT2D eigenvalue weighted by Crippen LogP contribution is -2.42. The maximum Gasteiger partial charge on any atom is 0.306 e. The number of carbonyl (C=O) groups is 2. The number of hydrogen-bond acceptors (Lipinski definition) is 7. The van der Waals surface area contributed by atoms with Crippen molar-refractivity contribution in [2.24, 2.45) is 0 Å². The summed E-state index contributed by atoms with van der Waals surface area (Å²) < 4.78 is 34.9. The summed E-state index contributed by atoms with van der Waals surface area (Å²) in [6.45, 7) is 0.149. The van der Waals surface area contributed by atoms with Crippen molar-refractivity contribution in [3.63, 3.8) is 0 Å².